The second kappa shape index (κ2) is 6.39. The highest BCUT2D eigenvalue weighted by Gasteiger charge is 2.04. The average molecular weight is 141 g/mol. The van der Waals surface area contributed by atoms with Crippen molar-refractivity contribution in [3.8, 4) is 0 Å². The Morgan fingerprint density at radius 1 is 1.40 bits per heavy atom. The van der Waals surface area contributed by atoms with Crippen LogP contribution in [0, 0.1) is 0 Å². The maximum absolute atomic E-state index is 3.83. The number of rotatable bonds is 2. The lowest BCUT2D eigenvalue weighted by Crippen LogP contribution is -1.99. The van der Waals surface area contributed by atoms with E-state index in [0.29, 0.717) is 0 Å². The van der Waals surface area contributed by atoms with E-state index < -0.39 is 0 Å². The van der Waals surface area contributed by atoms with Gasteiger partial charge in [-0.25, -0.2) is 0 Å². The van der Waals surface area contributed by atoms with Crippen molar-refractivity contribution < 1.29 is 0 Å². The Balaban J connectivity index is 0.000000371. The molecule has 0 aromatic carbocycles. The highest BCUT2D eigenvalue weighted by molar-refractivity contribution is 5.65. The minimum Gasteiger partial charge on any atom is -0.160 e. The summed E-state index contributed by atoms with van der Waals surface area (Å²) in [5.41, 5.74) is 0. The van der Waals surface area contributed by atoms with E-state index in [-0.39, 0.29) is 6.04 Å². The second-order valence-electron chi connectivity index (χ2n) is 1.83. The monoisotopic (exact) mass is 141 g/mol. The van der Waals surface area contributed by atoms with Crippen molar-refractivity contribution in [1.29, 1.82) is 0 Å². The van der Waals surface area contributed by atoms with Crippen LogP contribution in [0.15, 0.2) is 15.4 Å². The molecule has 3 heteroatoms. The fourth-order valence-electron chi connectivity index (χ4n) is 0.661. The van der Waals surface area contributed by atoms with E-state index in [2.05, 4.69) is 22.4 Å². The Bertz CT molecular complexity index is 106. The third-order valence-corrected chi connectivity index (χ3v) is 1.07. The molecule has 0 saturated carbocycles. The van der Waals surface area contributed by atoms with E-state index in [4.69, 9.17) is 0 Å². The first-order valence-corrected chi connectivity index (χ1v) is 3.87. The predicted octanol–water partition coefficient (Wildman–Crippen LogP) is 2.63. The molecule has 1 rings (SSSR count). The molecule has 0 aromatic rings. The maximum atomic E-state index is 3.83. The van der Waals surface area contributed by atoms with Gasteiger partial charge in [-0.2, -0.15) is 5.11 Å². The Kier molecular flexibility index (Phi) is 5.92. The summed E-state index contributed by atoms with van der Waals surface area (Å²) in [7, 11) is 0. The lowest BCUT2D eigenvalue weighted by Gasteiger charge is -1.93. The molecule has 1 heterocycles. The molecule has 0 fully saturated rings. The molecule has 0 aromatic heterocycles. The Morgan fingerprint density at radius 2 is 2.10 bits per heavy atom. The SMILES string of the molecule is CC.CCCC1C=NN=N1. The first-order valence-electron chi connectivity index (χ1n) is 3.87. The summed E-state index contributed by atoms with van der Waals surface area (Å²) >= 11 is 0. The summed E-state index contributed by atoms with van der Waals surface area (Å²) in [6.07, 6.45) is 4.01. The highest BCUT2D eigenvalue weighted by atomic mass is 15.4. The molecule has 3 nitrogen and oxygen atoms in total. The van der Waals surface area contributed by atoms with Crippen LogP contribution in [0.4, 0.5) is 0 Å². The molecule has 1 aliphatic heterocycles. The summed E-state index contributed by atoms with van der Waals surface area (Å²) in [5, 5.41) is 10.9. The van der Waals surface area contributed by atoms with Crippen LogP contribution in [-0.2, 0) is 0 Å². The fraction of sp³-hybridized carbons (Fsp3) is 0.857. The largest absolute Gasteiger partial charge is 0.160 e. The van der Waals surface area contributed by atoms with Crippen LogP contribution in [0.2, 0.25) is 0 Å². The summed E-state index contributed by atoms with van der Waals surface area (Å²) in [6, 6.07) is 0.278. The summed E-state index contributed by atoms with van der Waals surface area (Å²) < 4.78 is 0. The summed E-state index contributed by atoms with van der Waals surface area (Å²) in [6.45, 7) is 6.13. The molecule has 10 heavy (non-hydrogen) atoms. The number of hydrogen-bond donors (Lipinski definition) is 0. The van der Waals surface area contributed by atoms with E-state index in [1.165, 1.54) is 0 Å². The second-order valence-corrected chi connectivity index (χ2v) is 1.83. The predicted molar refractivity (Wildman–Crippen MR) is 43.4 cm³/mol. The van der Waals surface area contributed by atoms with E-state index in [0.717, 1.165) is 12.8 Å². The van der Waals surface area contributed by atoms with Gasteiger partial charge in [-0.05, 0) is 11.6 Å². The zero-order chi connectivity index (χ0) is 7.82. The van der Waals surface area contributed by atoms with E-state index >= 15 is 0 Å². The molecular weight excluding hydrogens is 126 g/mol. The van der Waals surface area contributed by atoms with Gasteiger partial charge >= 0.3 is 0 Å². The average Bonchev–Trinajstić information content (AvgIpc) is 2.46. The topological polar surface area (TPSA) is 37.1 Å². The minimum atomic E-state index is 0.278. The van der Waals surface area contributed by atoms with Crippen molar-refractivity contribution >= 4 is 6.21 Å². The van der Waals surface area contributed by atoms with Crippen molar-refractivity contribution in [1.82, 2.24) is 0 Å². The lowest BCUT2D eigenvalue weighted by atomic mass is 10.2. The van der Waals surface area contributed by atoms with Crippen molar-refractivity contribution in [3.05, 3.63) is 0 Å². The first kappa shape index (κ1) is 9.27. The molecule has 58 valence electrons. The third-order valence-electron chi connectivity index (χ3n) is 1.07. The summed E-state index contributed by atoms with van der Waals surface area (Å²) in [5.74, 6) is 0. The van der Waals surface area contributed by atoms with Crippen LogP contribution in [0.5, 0.6) is 0 Å². The molecule has 0 aliphatic carbocycles. The van der Waals surface area contributed by atoms with Crippen LogP contribution < -0.4 is 0 Å². The molecule has 1 atom stereocenters. The van der Waals surface area contributed by atoms with Crippen molar-refractivity contribution in [2.24, 2.45) is 15.4 Å². The molecule has 0 amide bonds. The third kappa shape index (κ3) is 3.33. The first-order chi connectivity index (χ1) is 4.93. The quantitative estimate of drug-likeness (QED) is 0.567. The van der Waals surface area contributed by atoms with Gasteiger partial charge in [0, 0.05) is 0 Å². The maximum Gasteiger partial charge on any atom is 0.110 e. The molecule has 0 N–H and O–H groups in total. The van der Waals surface area contributed by atoms with Crippen LogP contribution >= 0.6 is 0 Å². The molecule has 1 aliphatic rings. The Labute approximate surface area is 62.2 Å². The van der Waals surface area contributed by atoms with Gasteiger partial charge in [0.05, 0.1) is 6.21 Å². The standard InChI is InChI=1S/C5H9N3.C2H6/c1-2-3-5-4-6-8-7-5;1-2/h4-5H,2-3H2,1H3;1-2H3. The smallest absolute Gasteiger partial charge is 0.110 e. The normalized spacial score (nSPS) is 20.5. The van der Waals surface area contributed by atoms with Gasteiger partial charge in [-0.1, -0.05) is 27.2 Å². The van der Waals surface area contributed by atoms with Gasteiger partial charge in [0.1, 0.15) is 6.04 Å². The molecular formula is C7H15N3. The summed E-state index contributed by atoms with van der Waals surface area (Å²) in [4.78, 5) is 0. The number of hydrogen-bond acceptors (Lipinski definition) is 3. The van der Waals surface area contributed by atoms with Gasteiger partial charge in [0.25, 0.3) is 0 Å². The highest BCUT2D eigenvalue weighted by Crippen LogP contribution is 2.04. The van der Waals surface area contributed by atoms with Gasteiger partial charge in [-0.3, -0.25) is 0 Å². The Hall–Kier alpha value is -0.730. The molecule has 0 bridgehead atoms. The van der Waals surface area contributed by atoms with Gasteiger partial charge in [-0.15, -0.1) is 5.10 Å². The molecule has 1 unspecified atom stereocenters. The van der Waals surface area contributed by atoms with Gasteiger partial charge < -0.3 is 0 Å². The van der Waals surface area contributed by atoms with E-state index in [1.54, 1.807) is 6.21 Å². The van der Waals surface area contributed by atoms with Gasteiger partial charge in [0.15, 0.2) is 0 Å². The van der Waals surface area contributed by atoms with Crippen LogP contribution in [0.25, 0.3) is 0 Å². The zero-order valence-electron chi connectivity index (χ0n) is 6.91. The van der Waals surface area contributed by atoms with Crippen molar-refractivity contribution in [2.75, 3.05) is 0 Å². The molecule has 0 radical (unpaired) electrons. The van der Waals surface area contributed by atoms with Crippen LogP contribution in [-0.4, -0.2) is 12.3 Å². The lowest BCUT2D eigenvalue weighted by molar-refractivity contribution is 0.725. The van der Waals surface area contributed by atoms with Crippen molar-refractivity contribution in [3.63, 3.8) is 0 Å². The van der Waals surface area contributed by atoms with Crippen LogP contribution in [0.3, 0.4) is 0 Å². The fourth-order valence-corrected chi connectivity index (χ4v) is 0.661. The van der Waals surface area contributed by atoms with Crippen LogP contribution in [0.1, 0.15) is 33.6 Å². The van der Waals surface area contributed by atoms with E-state index in [1.807, 2.05) is 13.8 Å². The number of nitrogens with zero attached hydrogens (tertiary/aromatic N) is 3. The Morgan fingerprint density at radius 3 is 2.50 bits per heavy atom. The molecule has 0 spiro atoms. The van der Waals surface area contributed by atoms with Gasteiger partial charge in [0.2, 0.25) is 0 Å². The van der Waals surface area contributed by atoms with E-state index in [9.17, 15) is 0 Å². The zero-order valence-corrected chi connectivity index (χ0v) is 6.91. The molecule has 0 saturated heterocycles. The minimum absolute atomic E-state index is 0.278. The van der Waals surface area contributed by atoms with Crippen molar-refractivity contribution in [2.45, 2.75) is 39.7 Å².